The van der Waals surface area contributed by atoms with Gasteiger partial charge in [0.05, 0.1) is 10.7 Å². The van der Waals surface area contributed by atoms with E-state index < -0.39 is 0 Å². The summed E-state index contributed by atoms with van der Waals surface area (Å²) in [4.78, 5) is 14.6. The largest absolute Gasteiger partial charge is 0.460 e. The van der Waals surface area contributed by atoms with Gasteiger partial charge in [0.2, 0.25) is 17.7 Å². The molecule has 0 aliphatic rings. The highest BCUT2D eigenvalue weighted by molar-refractivity contribution is 9.10. The summed E-state index contributed by atoms with van der Waals surface area (Å²) < 4.78 is 6.15. The fraction of sp³-hybridized carbons (Fsp3) is 0.300. The van der Waals surface area contributed by atoms with Gasteiger partial charge in [-0.15, -0.1) is 0 Å². The lowest BCUT2D eigenvalue weighted by Crippen LogP contribution is -2.15. The first-order valence-corrected chi connectivity index (χ1v) is 5.75. The molecule has 0 amide bonds. The second kappa shape index (κ2) is 4.70. The van der Waals surface area contributed by atoms with Crippen LogP contribution in [0.1, 0.15) is 0 Å². The molecular formula is C10H12BrN5O. The molecule has 0 atom stereocenters. The van der Waals surface area contributed by atoms with Gasteiger partial charge in [0.25, 0.3) is 0 Å². The summed E-state index contributed by atoms with van der Waals surface area (Å²) in [6, 6.07) is 1.80. The van der Waals surface area contributed by atoms with Crippen LogP contribution >= 0.6 is 15.9 Å². The molecule has 0 aromatic carbocycles. The van der Waals surface area contributed by atoms with Crippen LogP contribution in [0, 0.1) is 0 Å². The van der Waals surface area contributed by atoms with Crippen LogP contribution < -0.4 is 10.2 Å². The first-order valence-electron chi connectivity index (χ1n) is 4.96. The van der Waals surface area contributed by atoms with Crippen molar-refractivity contribution in [3.8, 4) is 11.6 Å². The van der Waals surface area contributed by atoms with E-state index in [0.717, 1.165) is 4.47 Å². The maximum atomic E-state index is 5.34. The molecule has 0 fully saturated rings. The van der Waals surface area contributed by atoms with Crippen LogP contribution in [-0.4, -0.2) is 36.1 Å². The van der Waals surface area contributed by atoms with Crippen LogP contribution in [0.4, 0.5) is 11.9 Å². The monoisotopic (exact) mass is 297 g/mol. The van der Waals surface area contributed by atoms with E-state index in [0.29, 0.717) is 23.5 Å². The summed E-state index contributed by atoms with van der Waals surface area (Å²) in [7, 11) is 5.50. The molecule has 7 heteroatoms. The van der Waals surface area contributed by atoms with Gasteiger partial charge in [0, 0.05) is 21.1 Å². The van der Waals surface area contributed by atoms with Crippen molar-refractivity contribution in [2.45, 2.75) is 0 Å². The smallest absolute Gasteiger partial charge is 0.230 e. The minimum atomic E-state index is 0.491. The van der Waals surface area contributed by atoms with E-state index >= 15 is 0 Å². The van der Waals surface area contributed by atoms with Crippen molar-refractivity contribution in [2.24, 2.45) is 0 Å². The van der Waals surface area contributed by atoms with Gasteiger partial charge in [-0.05, 0) is 22.0 Å². The Balaban J connectivity index is 2.54. The number of rotatable bonds is 3. The van der Waals surface area contributed by atoms with Crippen LogP contribution in [0.15, 0.2) is 21.2 Å². The van der Waals surface area contributed by atoms with E-state index in [1.807, 2.05) is 19.0 Å². The van der Waals surface area contributed by atoms with Crippen LogP contribution in [0.3, 0.4) is 0 Å². The van der Waals surface area contributed by atoms with Crippen LogP contribution in [-0.2, 0) is 0 Å². The first kappa shape index (κ1) is 11.8. The molecule has 1 N–H and O–H groups in total. The van der Waals surface area contributed by atoms with Gasteiger partial charge in [-0.3, -0.25) is 0 Å². The zero-order valence-corrected chi connectivity index (χ0v) is 11.3. The molecule has 17 heavy (non-hydrogen) atoms. The molecular weight excluding hydrogens is 286 g/mol. The third kappa shape index (κ3) is 2.38. The van der Waals surface area contributed by atoms with Crippen LogP contribution in [0.25, 0.3) is 11.6 Å². The normalized spacial score (nSPS) is 10.4. The summed E-state index contributed by atoms with van der Waals surface area (Å²) in [6.07, 6.45) is 1.58. The molecule has 0 saturated heterocycles. The highest BCUT2D eigenvalue weighted by atomic mass is 79.9. The Labute approximate surface area is 107 Å². The molecule has 0 aliphatic heterocycles. The number of furan rings is 1. The molecule has 2 aromatic rings. The quantitative estimate of drug-likeness (QED) is 0.935. The highest BCUT2D eigenvalue weighted by Gasteiger charge is 2.14. The zero-order valence-electron chi connectivity index (χ0n) is 9.73. The molecule has 0 saturated carbocycles. The molecule has 0 bridgehead atoms. The second-order valence-electron chi connectivity index (χ2n) is 3.52. The summed E-state index contributed by atoms with van der Waals surface area (Å²) in [5.41, 5.74) is 0. The molecule has 2 heterocycles. The molecule has 6 nitrogen and oxygen atoms in total. The molecule has 0 radical (unpaired) electrons. The van der Waals surface area contributed by atoms with Gasteiger partial charge in [-0.1, -0.05) is 0 Å². The summed E-state index contributed by atoms with van der Waals surface area (Å²) in [6.45, 7) is 0. The molecule has 2 aromatic heterocycles. The van der Waals surface area contributed by atoms with E-state index in [2.05, 4.69) is 36.2 Å². The third-order valence-corrected chi connectivity index (χ3v) is 2.69. The molecule has 2 rings (SSSR count). The van der Waals surface area contributed by atoms with E-state index in [4.69, 9.17) is 4.42 Å². The lowest BCUT2D eigenvalue weighted by atomic mass is 10.4. The minimum Gasteiger partial charge on any atom is -0.460 e. The van der Waals surface area contributed by atoms with Crippen molar-refractivity contribution in [2.75, 3.05) is 31.4 Å². The molecule has 0 aliphatic carbocycles. The molecule has 90 valence electrons. The molecule has 0 spiro atoms. The molecule has 0 unspecified atom stereocenters. The predicted molar refractivity (Wildman–Crippen MR) is 69.1 cm³/mol. The van der Waals surface area contributed by atoms with Gasteiger partial charge in [-0.2, -0.15) is 15.0 Å². The minimum absolute atomic E-state index is 0.491. The lowest BCUT2D eigenvalue weighted by molar-refractivity contribution is 0.575. The fourth-order valence-corrected chi connectivity index (χ4v) is 1.61. The van der Waals surface area contributed by atoms with Crippen molar-refractivity contribution < 1.29 is 4.42 Å². The standard InChI is InChI=1S/C10H12BrN5O/c1-12-9-13-8(7-6(11)4-5-17-7)14-10(15-9)16(2)3/h4-5H,1-3H3,(H,12,13,14,15). The number of hydrogen-bond acceptors (Lipinski definition) is 6. The Kier molecular flexibility index (Phi) is 3.28. The van der Waals surface area contributed by atoms with Crippen LogP contribution in [0.2, 0.25) is 0 Å². The van der Waals surface area contributed by atoms with E-state index in [1.54, 1.807) is 19.4 Å². The van der Waals surface area contributed by atoms with E-state index in [-0.39, 0.29) is 0 Å². The maximum absolute atomic E-state index is 5.34. The Morgan fingerprint density at radius 2 is 2.06 bits per heavy atom. The van der Waals surface area contributed by atoms with E-state index in [1.165, 1.54) is 0 Å². The average molecular weight is 298 g/mol. The third-order valence-electron chi connectivity index (χ3n) is 2.07. The van der Waals surface area contributed by atoms with Gasteiger partial charge in [0.15, 0.2) is 5.76 Å². The number of hydrogen-bond donors (Lipinski definition) is 1. The van der Waals surface area contributed by atoms with Gasteiger partial charge in [-0.25, -0.2) is 0 Å². The van der Waals surface area contributed by atoms with Crippen molar-refractivity contribution in [3.63, 3.8) is 0 Å². The number of halogens is 1. The van der Waals surface area contributed by atoms with Crippen molar-refractivity contribution in [3.05, 3.63) is 16.8 Å². The highest BCUT2D eigenvalue weighted by Crippen LogP contribution is 2.27. The van der Waals surface area contributed by atoms with Gasteiger partial charge in [0.1, 0.15) is 0 Å². The van der Waals surface area contributed by atoms with Gasteiger partial charge >= 0.3 is 0 Å². The second-order valence-corrected chi connectivity index (χ2v) is 4.38. The van der Waals surface area contributed by atoms with Crippen molar-refractivity contribution in [1.82, 2.24) is 15.0 Å². The Morgan fingerprint density at radius 3 is 2.59 bits per heavy atom. The summed E-state index contributed by atoms with van der Waals surface area (Å²) >= 11 is 3.38. The first-order chi connectivity index (χ1) is 8.11. The van der Waals surface area contributed by atoms with Crippen LogP contribution in [0.5, 0.6) is 0 Å². The summed E-state index contributed by atoms with van der Waals surface area (Å²) in [5, 5.41) is 2.90. The van der Waals surface area contributed by atoms with Gasteiger partial charge < -0.3 is 14.6 Å². The maximum Gasteiger partial charge on any atom is 0.230 e. The average Bonchev–Trinajstić information content (AvgIpc) is 2.74. The topological polar surface area (TPSA) is 67.1 Å². The SMILES string of the molecule is CNc1nc(-c2occc2Br)nc(N(C)C)n1. The predicted octanol–water partition coefficient (Wildman–Crippen LogP) is 2.00. The Bertz CT molecular complexity index is 525. The van der Waals surface area contributed by atoms with Crippen molar-refractivity contribution >= 4 is 27.8 Å². The summed E-state index contributed by atoms with van der Waals surface area (Å²) in [5.74, 6) is 2.15. The number of aromatic nitrogens is 3. The Hall–Kier alpha value is -1.63. The zero-order chi connectivity index (χ0) is 12.4. The number of anilines is 2. The van der Waals surface area contributed by atoms with E-state index in [9.17, 15) is 0 Å². The fourth-order valence-electron chi connectivity index (χ4n) is 1.23. The number of nitrogens with zero attached hydrogens (tertiary/aromatic N) is 4. The number of nitrogens with one attached hydrogen (secondary N) is 1. The lowest BCUT2D eigenvalue weighted by Gasteiger charge is -2.11. The van der Waals surface area contributed by atoms with Crippen molar-refractivity contribution in [1.29, 1.82) is 0 Å². The Morgan fingerprint density at radius 1 is 1.29 bits per heavy atom.